The van der Waals surface area contributed by atoms with E-state index in [0.717, 1.165) is 5.56 Å². The van der Waals surface area contributed by atoms with Gasteiger partial charge >= 0.3 is 6.09 Å². The quantitative estimate of drug-likeness (QED) is 0.413. The number of nitrogens with zero attached hydrogens (tertiary/aromatic N) is 4. The zero-order valence-corrected chi connectivity index (χ0v) is 22.5. The molecule has 12 heteroatoms. The van der Waals surface area contributed by atoms with Gasteiger partial charge < -0.3 is 24.8 Å². The molecule has 1 saturated heterocycles. The Balaban J connectivity index is 0.00000400. The Kier molecular flexibility index (Phi) is 9.91. The zero-order valence-electron chi connectivity index (χ0n) is 21.7. The number of nitrogens with one attached hydrogen (secondary N) is 1. The van der Waals surface area contributed by atoms with Gasteiger partial charge in [0.2, 0.25) is 5.95 Å². The molecule has 0 spiro atoms. The molecule has 204 valence electrons. The predicted molar refractivity (Wildman–Crippen MR) is 147 cm³/mol. The lowest BCUT2D eigenvalue weighted by Crippen LogP contribution is -2.61. The van der Waals surface area contributed by atoms with Crippen LogP contribution in [-0.2, 0) is 16.1 Å². The molecule has 0 aliphatic carbocycles. The van der Waals surface area contributed by atoms with Crippen LogP contribution in [0, 0.1) is 0 Å². The molecule has 1 atom stereocenters. The molecule has 1 aliphatic heterocycles. The molecule has 0 radical (unpaired) electrons. The number of fused-ring (bicyclic) bond motifs is 1. The van der Waals surface area contributed by atoms with Crippen molar-refractivity contribution in [1.82, 2.24) is 20.4 Å². The van der Waals surface area contributed by atoms with Crippen LogP contribution in [0.25, 0.3) is 10.9 Å². The number of ether oxygens (including phenoxy) is 3. The van der Waals surface area contributed by atoms with Crippen molar-refractivity contribution in [2.24, 2.45) is 0 Å². The number of aromatic nitrogens is 2. The number of ketones is 1. The third-order valence-electron chi connectivity index (χ3n) is 6.19. The molecule has 38 heavy (non-hydrogen) atoms. The number of amides is 1. The summed E-state index contributed by atoms with van der Waals surface area (Å²) in [7, 11) is 3.09. The van der Waals surface area contributed by atoms with Crippen molar-refractivity contribution in [2.45, 2.75) is 32.4 Å². The minimum absolute atomic E-state index is 0. The SMILES string of the molecule is CCCC(=O)C1CN(NC(=O)OCc2ccccc2)CCN1c1nc(N)c2cc(OC)c(OC)cc2n1.Cl. The van der Waals surface area contributed by atoms with E-state index in [1.165, 1.54) is 0 Å². The van der Waals surface area contributed by atoms with Crippen molar-refractivity contribution >= 4 is 47.0 Å². The summed E-state index contributed by atoms with van der Waals surface area (Å²) in [6.45, 7) is 3.20. The lowest BCUT2D eigenvalue weighted by molar-refractivity contribution is -0.121. The summed E-state index contributed by atoms with van der Waals surface area (Å²) >= 11 is 0. The van der Waals surface area contributed by atoms with Crippen molar-refractivity contribution in [3.05, 3.63) is 48.0 Å². The summed E-state index contributed by atoms with van der Waals surface area (Å²) in [5, 5.41) is 2.32. The highest BCUT2D eigenvalue weighted by Gasteiger charge is 2.34. The Labute approximate surface area is 227 Å². The van der Waals surface area contributed by atoms with Gasteiger partial charge in [0.05, 0.1) is 19.7 Å². The minimum atomic E-state index is -0.578. The Hall–Kier alpha value is -3.83. The molecular formula is C26H33ClN6O5. The first-order chi connectivity index (χ1) is 17.9. The monoisotopic (exact) mass is 544 g/mol. The van der Waals surface area contributed by atoms with Crippen LogP contribution in [0.5, 0.6) is 11.5 Å². The molecule has 3 aromatic rings. The predicted octanol–water partition coefficient (Wildman–Crippen LogP) is 3.35. The number of anilines is 2. The largest absolute Gasteiger partial charge is 0.493 e. The number of hydrazine groups is 1. The van der Waals surface area contributed by atoms with Gasteiger partial charge in [-0.25, -0.2) is 14.8 Å². The molecule has 3 N–H and O–H groups in total. The number of piperazine rings is 1. The second-order valence-electron chi connectivity index (χ2n) is 8.68. The number of nitrogens with two attached hydrogens (primary N) is 1. The molecule has 1 aliphatic rings. The summed E-state index contributed by atoms with van der Waals surface area (Å²) in [5.41, 5.74) is 10.5. The molecule has 0 saturated carbocycles. The highest BCUT2D eigenvalue weighted by atomic mass is 35.5. The number of nitrogen functional groups attached to an aromatic ring is 1. The summed E-state index contributed by atoms with van der Waals surface area (Å²) in [6, 6.07) is 12.3. The van der Waals surface area contributed by atoms with E-state index in [1.54, 1.807) is 31.4 Å². The number of halogens is 1. The van der Waals surface area contributed by atoms with Gasteiger partial charge in [0.25, 0.3) is 0 Å². The number of carbonyl (C=O) groups excluding carboxylic acids is 2. The van der Waals surface area contributed by atoms with Crippen LogP contribution >= 0.6 is 12.4 Å². The number of benzene rings is 2. The summed E-state index contributed by atoms with van der Waals surface area (Å²) in [4.78, 5) is 36.6. The minimum Gasteiger partial charge on any atom is -0.493 e. The molecule has 1 amide bonds. The fraction of sp³-hybridized carbons (Fsp3) is 0.385. The summed E-state index contributed by atoms with van der Waals surface area (Å²) in [5.74, 6) is 1.68. The Morgan fingerprint density at radius 2 is 1.79 bits per heavy atom. The number of methoxy groups -OCH3 is 2. The average Bonchev–Trinajstić information content (AvgIpc) is 2.91. The first-order valence-corrected chi connectivity index (χ1v) is 12.1. The second kappa shape index (κ2) is 13.1. The topological polar surface area (TPSA) is 132 Å². The highest BCUT2D eigenvalue weighted by molar-refractivity contribution is 5.93. The Morgan fingerprint density at radius 3 is 2.47 bits per heavy atom. The van der Waals surface area contributed by atoms with E-state index < -0.39 is 12.1 Å². The van der Waals surface area contributed by atoms with Crippen molar-refractivity contribution < 1.29 is 23.8 Å². The number of carbonyl (C=O) groups is 2. The van der Waals surface area contributed by atoms with E-state index in [2.05, 4.69) is 10.4 Å². The summed E-state index contributed by atoms with van der Waals surface area (Å²) < 4.78 is 16.1. The van der Waals surface area contributed by atoms with Crippen LogP contribution in [0.1, 0.15) is 25.3 Å². The lowest BCUT2D eigenvalue weighted by atomic mass is 10.0. The first-order valence-electron chi connectivity index (χ1n) is 12.1. The van der Waals surface area contributed by atoms with E-state index in [-0.39, 0.29) is 37.2 Å². The van der Waals surface area contributed by atoms with Gasteiger partial charge in [0, 0.05) is 37.5 Å². The second-order valence-corrected chi connectivity index (χ2v) is 8.68. The van der Waals surface area contributed by atoms with E-state index in [4.69, 9.17) is 24.9 Å². The Morgan fingerprint density at radius 1 is 1.08 bits per heavy atom. The van der Waals surface area contributed by atoms with Crippen molar-refractivity contribution in [2.75, 3.05) is 44.5 Å². The zero-order chi connectivity index (χ0) is 26.4. The van der Waals surface area contributed by atoms with Gasteiger partial charge in [0.15, 0.2) is 17.3 Å². The number of hydrogen-bond donors (Lipinski definition) is 2. The van der Waals surface area contributed by atoms with Crippen LogP contribution < -0.4 is 25.5 Å². The fourth-order valence-electron chi connectivity index (χ4n) is 4.29. The molecule has 2 aromatic carbocycles. The normalized spacial score (nSPS) is 15.4. The molecule has 1 fully saturated rings. The van der Waals surface area contributed by atoms with E-state index in [9.17, 15) is 9.59 Å². The van der Waals surface area contributed by atoms with Crippen LogP contribution in [0.2, 0.25) is 0 Å². The maximum Gasteiger partial charge on any atom is 0.422 e. The van der Waals surface area contributed by atoms with Gasteiger partial charge in [0.1, 0.15) is 18.5 Å². The number of hydrogen-bond acceptors (Lipinski definition) is 10. The van der Waals surface area contributed by atoms with E-state index >= 15 is 0 Å². The van der Waals surface area contributed by atoms with Gasteiger partial charge in [-0.1, -0.05) is 37.3 Å². The molecule has 1 aromatic heterocycles. The lowest BCUT2D eigenvalue weighted by Gasteiger charge is -2.40. The maximum absolute atomic E-state index is 13.1. The van der Waals surface area contributed by atoms with Gasteiger partial charge in [-0.3, -0.25) is 10.2 Å². The smallest absolute Gasteiger partial charge is 0.422 e. The molecule has 11 nitrogen and oxygen atoms in total. The van der Waals surface area contributed by atoms with Gasteiger partial charge in [-0.2, -0.15) is 4.98 Å². The number of rotatable bonds is 9. The van der Waals surface area contributed by atoms with Crippen LogP contribution in [0.3, 0.4) is 0 Å². The number of Topliss-reactive ketones (excluding diaryl/α,β-unsaturated/α-hetero) is 1. The standard InChI is InChI=1S/C26H32N6O5.ClH/c1-4-8-21(33)20-15-31(30-26(34)37-16-17-9-6-5-7-10-17)11-12-32(20)25-28-19-14-23(36-3)22(35-2)13-18(19)24(27)29-25;/h5-7,9-10,13-14,20H,4,8,11-12,15-16H2,1-3H3,(H,30,34)(H2,27,28,29);1H. The van der Waals surface area contributed by atoms with Gasteiger partial charge in [-0.15, -0.1) is 12.4 Å². The molecular weight excluding hydrogens is 512 g/mol. The highest BCUT2D eigenvalue weighted by Crippen LogP contribution is 2.34. The third-order valence-corrected chi connectivity index (χ3v) is 6.19. The molecule has 1 unspecified atom stereocenters. The van der Waals surface area contributed by atoms with Crippen molar-refractivity contribution in [1.29, 1.82) is 0 Å². The van der Waals surface area contributed by atoms with Crippen molar-refractivity contribution in [3.8, 4) is 11.5 Å². The molecule has 2 heterocycles. The maximum atomic E-state index is 13.1. The third kappa shape index (κ3) is 6.53. The van der Waals surface area contributed by atoms with Crippen LogP contribution in [0.15, 0.2) is 42.5 Å². The first kappa shape index (κ1) is 28.7. The molecule has 0 bridgehead atoms. The van der Waals surface area contributed by atoms with E-state index in [0.29, 0.717) is 54.3 Å². The Bertz CT molecular complexity index is 1260. The van der Waals surface area contributed by atoms with E-state index in [1.807, 2.05) is 42.2 Å². The van der Waals surface area contributed by atoms with Crippen LogP contribution in [-0.4, -0.2) is 66.7 Å². The average molecular weight is 545 g/mol. The van der Waals surface area contributed by atoms with Crippen LogP contribution in [0.4, 0.5) is 16.6 Å². The summed E-state index contributed by atoms with van der Waals surface area (Å²) in [6.07, 6.45) is 0.515. The van der Waals surface area contributed by atoms with Gasteiger partial charge in [-0.05, 0) is 18.1 Å². The van der Waals surface area contributed by atoms with Crippen molar-refractivity contribution in [3.63, 3.8) is 0 Å². The fourth-order valence-corrected chi connectivity index (χ4v) is 4.29. The molecule has 4 rings (SSSR count).